The molecule has 1 rings (SSSR count). The van der Waals surface area contributed by atoms with Crippen LogP contribution in [0.5, 0.6) is 0 Å². The minimum Gasteiger partial charge on any atom is -0.389 e. The molecule has 0 heterocycles. The summed E-state index contributed by atoms with van der Waals surface area (Å²) in [7, 11) is 0. The van der Waals surface area contributed by atoms with Crippen LogP contribution in [-0.4, -0.2) is 11.4 Å². The Kier molecular flexibility index (Phi) is 5.93. The van der Waals surface area contributed by atoms with Gasteiger partial charge in [-0.2, -0.15) is 0 Å². The molecule has 0 spiro atoms. The molecule has 0 bridgehead atoms. The third-order valence-corrected chi connectivity index (χ3v) is 1.28. The molecule has 12 heavy (non-hydrogen) atoms. The smallest absolute Gasteiger partial charge is 0.116 e. The Hall–Kier alpha value is -1.15. The molecule has 0 fully saturated rings. The van der Waals surface area contributed by atoms with Gasteiger partial charge in [0.1, 0.15) is 6.29 Å². The monoisotopic (exact) mass is 166 g/mol. The average Bonchev–Trinajstić information content (AvgIpc) is 2.07. The first-order valence-corrected chi connectivity index (χ1v) is 3.85. The van der Waals surface area contributed by atoms with Gasteiger partial charge in [0.2, 0.25) is 0 Å². The fourth-order valence-electron chi connectivity index (χ4n) is 0.732. The summed E-state index contributed by atoms with van der Waals surface area (Å²) in [5.41, 5.74) is 0.970. The minimum absolute atomic E-state index is 0.341. The van der Waals surface area contributed by atoms with Gasteiger partial charge in [-0.1, -0.05) is 30.3 Å². The van der Waals surface area contributed by atoms with Crippen molar-refractivity contribution in [3.05, 3.63) is 35.9 Å². The average molecular weight is 166 g/mol. The van der Waals surface area contributed by atoms with E-state index in [0.29, 0.717) is 0 Å². The number of aliphatic hydroxyl groups excluding tert-OH is 1. The third kappa shape index (κ3) is 4.63. The summed E-state index contributed by atoms with van der Waals surface area (Å²) in [5.74, 6) is 0. The Morgan fingerprint density at radius 3 is 2.00 bits per heavy atom. The van der Waals surface area contributed by atoms with E-state index in [1.807, 2.05) is 30.3 Å². The number of rotatable bonds is 1. The number of carbonyl (C=O) groups excluding carboxylic acids is 1. The Balaban J connectivity index is 0.000000354. The van der Waals surface area contributed by atoms with Crippen molar-refractivity contribution in [1.82, 2.24) is 0 Å². The van der Waals surface area contributed by atoms with Gasteiger partial charge in [0, 0.05) is 0 Å². The summed E-state index contributed by atoms with van der Waals surface area (Å²) in [4.78, 5) is 8.81. The Morgan fingerprint density at radius 1 is 1.33 bits per heavy atom. The number of carbonyl (C=O) groups is 1. The molecular formula is C10H14O2. The summed E-state index contributed by atoms with van der Waals surface area (Å²) in [6.07, 6.45) is 0.409. The predicted molar refractivity (Wildman–Crippen MR) is 48.8 cm³/mol. The largest absolute Gasteiger partial charge is 0.389 e. The van der Waals surface area contributed by atoms with Gasteiger partial charge in [0.15, 0.2) is 0 Å². The van der Waals surface area contributed by atoms with Crippen molar-refractivity contribution < 1.29 is 9.90 Å². The van der Waals surface area contributed by atoms with E-state index in [2.05, 4.69) is 0 Å². The minimum atomic E-state index is -0.341. The fraction of sp³-hybridized carbons (Fsp3) is 0.300. The molecule has 0 amide bonds. The molecule has 0 aromatic heterocycles. The van der Waals surface area contributed by atoms with E-state index >= 15 is 0 Å². The van der Waals surface area contributed by atoms with E-state index in [0.717, 1.165) is 11.8 Å². The van der Waals surface area contributed by atoms with Gasteiger partial charge in [0.05, 0.1) is 6.10 Å². The zero-order valence-corrected chi connectivity index (χ0v) is 7.40. The lowest BCUT2D eigenvalue weighted by atomic mass is 10.1. The van der Waals surface area contributed by atoms with Crippen molar-refractivity contribution in [2.75, 3.05) is 0 Å². The Bertz CT molecular complexity index is 204. The summed E-state index contributed by atoms with van der Waals surface area (Å²) < 4.78 is 0. The maximum Gasteiger partial charge on any atom is 0.116 e. The van der Waals surface area contributed by atoms with Crippen LogP contribution in [0.2, 0.25) is 0 Å². The van der Waals surface area contributed by atoms with Crippen molar-refractivity contribution in [3.8, 4) is 0 Å². The van der Waals surface area contributed by atoms with Crippen LogP contribution in [0.25, 0.3) is 0 Å². The van der Waals surface area contributed by atoms with Crippen LogP contribution in [0.3, 0.4) is 0 Å². The summed E-state index contributed by atoms with van der Waals surface area (Å²) in [6.45, 7) is 3.20. The topological polar surface area (TPSA) is 37.3 Å². The molecule has 1 unspecified atom stereocenters. The van der Waals surface area contributed by atoms with Crippen molar-refractivity contribution in [2.45, 2.75) is 20.0 Å². The van der Waals surface area contributed by atoms with Gasteiger partial charge in [-0.3, -0.25) is 0 Å². The fourth-order valence-corrected chi connectivity index (χ4v) is 0.732. The van der Waals surface area contributed by atoms with Crippen LogP contribution < -0.4 is 0 Å². The lowest BCUT2D eigenvalue weighted by Crippen LogP contribution is -1.87. The highest BCUT2D eigenvalue weighted by atomic mass is 16.3. The molecule has 2 nitrogen and oxygen atoms in total. The van der Waals surface area contributed by atoms with Crippen LogP contribution in [0.1, 0.15) is 25.5 Å². The molecule has 1 aromatic rings. The van der Waals surface area contributed by atoms with Gasteiger partial charge in [0.25, 0.3) is 0 Å². The maximum atomic E-state index is 9.02. The van der Waals surface area contributed by atoms with Gasteiger partial charge >= 0.3 is 0 Å². The molecule has 1 atom stereocenters. The number of hydrogen-bond donors (Lipinski definition) is 1. The molecule has 1 N–H and O–H groups in total. The second kappa shape index (κ2) is 6.55. The highest BCUT2D eigenvalue weighted by Gasteiger charge is 1.95. The number of benzene rings is 1. The molecule has 0 aliphatic carbocycles. The quantitative estimate of drug-likeness (QED) is 0.647. The van der Waals surface area contributed by atoms with Crippen molar-refractivity contribution in [1.29, 1.82) is 0 Å². The van der Waals surface area contributed by atoms with Crippen LogP contribution in [0.4, 0.5) is 0 Å². The van der Waals surface area contributed by atoms with Crippen LogP contribution in [0.15, 0.2) is 30.3 Å². The van der Waals surface area contributed by atoms with E-state index in [9.17, 15) is 0 Å². The number of hydrogen-bond acceptors (Lipinski definition) is 2. The maximum absolute atomic E-state index is 9.02. The normalized spacial score (nSPS) is 10.9. The predicted octanol–water partition coefficient (Wildman–Crippen LogP) is 1.95. The summed E-state index contributed by atoms with van der Waals surface area (Å²) in [6, 6.07) is 9.59. The lowest BCUT2D eigenvalue weighted by molar-refractivity contribution is -0.106. The van der Waals surface area contributed by atoms with Gasteiger partial charge < -0.3 is 9.90 Å². The molecule has 66 valence electrons. The number of aldehydes is 1. The second-order valence-electron chi connectivity index (χ2n) is 2.32. The van der Waals surface area contributed by atoms with Crippen LogP contribution >= 0.6 is 0 Å². The summed E-state index contributed by atoms with van der Waals surface area (Å²) >= 11 is 0. The second-order valence-corrected chi connectivity index (χ2v) is 2.32. The standard InChI is InChI=1S/C8H10O.C2H4O/c1-7(9)8-5-3-2-4-6-8;1-2-3/h2-7,9H,1H3;2H,1H3. The van der Waals surface area contributed by atoms with E-state index in [1.165, 1.54) is 6.92 Å². The van der Waals surface area contributed by atoms with Crippen molar-refractivity contribution in [3.63, 3.8) is 0 Å². The Morgan fingerprint density at radius 2 is 1.75 bits per heavy atom. The lowest BCUT2D eigenvalue weighted by Gasteiger charge is -2.00. The zero-order valence-electron chi connectivity index (χ0n) is 7.40. The molecule has 1 aromatic carbocycles. The molecule has 0 saturated carbocycles. The summed E-state index contributed by atoms with van der Waals surface area (Å²) in [5, 5.41) is 9.02. The van der Waals surface area contributed by atoms with E-state index in [1.54, 1.807) is 6.92 Å². The Labute approximate surface area is 72.9 Å². The van der Waals surface area contributed by atoms with E-state index < -0.39 is 0 Å². The van der Waals surface area contributed by atoms with Gasteiger partial charge in [-0.05, 0) is 19.4 Å². The van der Waals surface area contributed by atoms with Crippen molar-refractivity contribution >= 4 is 6.29 Å². The molecule has 0 aliphatic heterocycles. The van der Waals surface area contributed by atoms with Gasteiger partial charge in [-0.15, -0.1) is 0 Å². The third-order valence-electron chi connectivity index (χ3n) is 1.28. The van der Waals surface area contributed by atoms with Crippen LogP contribution in [0, 0.1) is 0 Å². The van der Waals surface area contributed by atoms with Gasteiger partial charge in [-0.25, -0.2) is 0 Å². The highest BCUT2D eigenvalue weighted by Crippen LogP contribution is 2.08. The highest BCUT2D eigenvalue weighted by molar-refractivity contribution is 5.44. The SMILES string of the molecule is CC(O)c1ccccc1.CC=O. The molecular weight excluding hydrogens is 152 g/mol. The van der Waals surface area contributed by atoms with E-state index in [4.69, 9.17) is 9.90 Å². The van der Waals surface area contributed by atoms with Crippen molar-refractivity contribution in [2.24, 2.45) is 0 Å². The van der Waals surface area contributed by atoms with E-state index in [-0.39, 0.29) is 6.10 Å². The molecule has 0 saturated heterocycles. The molecule has 0 aliphatic rings. The molecule has 2 heteroatoms. The zero-order chi connectivity index (χ0) is 9.40. The first kappa shape index (κ1) is 10.8. The first-order valence-electron chi connectivity index (χ1n) is 3.85. The number of aliphatic hydroxyl groups is 1. The first-order chi connectivity index (χ1) is 5.72. The molecule has 0 radical (unpaired) electrons. The van der Waals surface area contributed by atoms with Crippen LogP contribution in [-0.2, 0) is 4.79 Å².